The molecule has 1 aliphatic rings. The first-order valence-corrected chi connectivity index (χ1v) is 5.45. The summed E-state index contributed by atoms with van der Waals surface area (Å²) in [6.45, 7) is 4.21. The normalized spacial score (nSPS) is 25.5. The average Bonchev–Trinajstić information content (AvgIpc) is 2.52. The largest absolute Gasteiger partial charge is 0.342 e. The number of nitrogens with one attached hydrogen (secondary N) is 2. The van der Waals surface area contributed by atoms with Gasteiger partial charge in [0.15, 0.2) is 0 Å². The van der Waals surface area contributed by atoms with E-state index in [9.17, 15) is 0 Å². The van der Waals surface area contributed by atoms with Crippen molar-refractivity contribution in [3.8, 4) is 0 Å². The second kappa shape index (κ2) is 3.07. The van der Waals surface area contributed by atoms with Crippen molar-refractivity contribution in [2.45, 2.75) is 32.4 Å². The van der Waals surface area contributed by atoms with Crippen LogP contribution in [0.1, 0.15) is 30.8 Å². The van der Waals surface area contributed by atoms with E-state index in [1.165, 1.54) is 12.0 Å². The molecule has 1 saturated heterocycles. The summed E-state index contributed by atoms with van der Waals surface area (Å²) in [7, 11) is 0. The lowest BCUT2D eigenvalue weighted by molar-refractivity contribution is 0.288. The molecule has 0 bridgehead atoms. The Morgan fingerprint density at radius 2 is 2.20 bits per heavy atom. The zero-order valence-electron chi connectivity index (χ0n) is 9.04. The number of rotatable bonds is 1. The number of benzene rings is 1. The van der Waals surface area contributed by atoms with Gasteiger partial charge in [-0.3, -0.25) is 0 Å². The number of imidazole rings is 1. The zero-order chi connectivity index (χ0) is 10.4. The molecule has 2 N–H and O–H groups in total. The van der Waals surface area contributed by atoms with Crippen LogP contribution in [0.15, 0.2) is 18.2 Å². The number of aromatic nitrogens is 2. The van der Waals surface area contributed by atoms with Crippen molar-refractivity contribution in [1.82, 2.24) is 15.3 Å². The number of H-pyrrole nitrogens is 1. The van der Waals surface area contributed by atoms with Crippen LogP contribution in [-0.2, 0) is 0 Å². The molecule has 2 aromatic rings. The van der Waals surface area contributed by atoms with Crippen LogP contribution >= 0.6 is 0 Å². The summed E-state index contributed by atoms with van der Waals surface area (Å²) in [6.07, 6.45) is 1.23. The molecule has 0 amide bonds. The summed E-state index contributed by atoms with van der Waals surface area (Å²) < 4.78 is 0. The van der Waals surface area contributed by atoms with Crippen LogP contribution in [-0.4, -0.2) is 16.0 Å². The van der Waals surface area contributed by atoms with Crippen molar-refractivity contribution in [2.75, 3.05) is 0 Å². The van der Waals surface area contributed by atoms with E-state index in [4.69, 9.17) is 0 Å². The summed E-state index contributed by atoms with van der Waals surface area (Å²) in [5.74, 6) is 0.983. The molecule has 2 heterocycles. The van der Waals surface area contributed by atoms with Gasteiger partial charge in [0.05, 0.1) is 11.0 Å². The summed E-state index contributed by atoms with van der Waals surface area (Å²) in [6, 6.07) is 7.67. The third-order valence-corrected chi connectivity index (χ3v) is 3.10. The summed E-state index contributed by atoms with van der Waals surface area (Å²) >= 11 is 0. The molecule has 0 spiro atoms. The van der Waals surface area contributed by atoms with Crippen LogP contribution in [0.4, 0.5) is 0 Å². The summed E-state index contributed by atoms with van der Waals surface area (Å²) in [4.78, 5) is 7.67. The number of fused-ring (bicyclic) bond motifs is 1. The van der Waals surface area contributed by atoms with Crippen molar-refractivity contribution in [3.63, 3.8) is 0 Å². The van der Waals surface area contributed by atoms with Crippen molar-refractivity contribution < 1.29 is 0 Å². The predicted molar refractivity (Wildman–Crippen MR) is 60.8 cm³/mol. The standard InChI is InChI=1S/C12H15N3/c1-7-5-11(13-7)9-3-4-10-12(6-9)15-8(2)14-10/h3-4,6-7,11,13H,5H2,1-2H3,(H,14,15). The van der Waals surface area contributed by atoms with E-state index in [0.29, 0.717) is 12.1 Å². The molecular weight excluding hydrogens is 186 g/mol. The molecule has 1 aromatic heterocycles. The first-order chi connectivity index (χ1) is 7.22. The predicted octanol–water partition coefficient (Wildman–Crippen LogP) is 2.29. The quantitative estimate of drug-likeness (QED) is 0.743. The van der Waals surface area contributed by atoms with Gasteiger partial charge < -0.3 is 10.3 Å². The second-order valence-corrected chi connectivity index (χ2v) is 4.45. The molecule has 78 valence electrons. The number of nitrogens with zero attached hydrogens (tertiary/aromatic N) is 1. The first kappa shape index (κ1) is 8.92. The van der Waals surface area contributed by atoms with Gasteiger partial charge in [-0.25, -0.2) is 4.98 Å². The minimum atomic E-state index is 0.535. The fourth-order valence-electron chi connectivity index (χ4n) is 2.28. The smallest absolute Gasteiger partial charge is 0.104 e. The second-order valence-electron chi connectivity index (χ2n) is 4.45. The fourth-order valence-corrected chi connectivity index (χ4v) is 2.28. The number of hydrogen-bond acceptors (Lipinski definition) is 2. The van der Waals surface area contributed by atoms with Crippen molar-refractivity contribution in [2.24, 2.45) is 0 Å². The highest BCUT2D eigenvalue weighted by molar-refractivity contribution is 5.76. The SMILES string of the molecule is Cc1nc2ccc(C3CC(C)N3)cc2[nH]1. The number of hydrogen-bond donors (Lipinski definition) is 2. The Morgan fingerprint density at radius 1 is 1.40 bits per heavy atom. The minimum absolute atomic E-state index is 0.535. The van der Waals surface area contributed by atoms with Crippen molar-refractivity contribution >= 4 is 11.0 Å². The van der Waals surface area contributed by atoms with E-state index in [-0.39, 0.29) is 0 Å². The summed E-state index contributed by atoms with van der Waals surface area (Å²) in [5, 5.41) is 3.50. The Balaban J connectivity index is 1.99. The highest BCUT2D eigenvalue weighted by atomic mass is 15.0. The van der Waals surface area contributed by atoms with Gasteiger partial charge in [-0.2, -0.15) is 0 Å². The maximum Gasteiger partial charge on any atom is 0.104 e. The highest BCUT2D eigenvalue weighted by Crippen LogP contribution is 2.28. The lowest BCUT2D eigenvalue weighted by Crippen LogP contribution is -2.43. The van der Waals surface area contributed by atoms with Crippen molar-refractivity contribution in [3.05, 3.63) is 29.6 Å². The molecule has 3 rings (SSSR count). The van der Waals surface area contributed by atoms with E-state index >= 15 is 0 Å². The molecular formula is C12H15N3. The van der Waals surface area contributed by atoms with Crippen LogP contribution < -0.4 is 5.32 Å². The van der Waals surface area contributed by atoms with Gasteiger partial charge in [0.1, 0.15) is 5.82 Å². The van der Waals surface area contributed by atoms with Gasteiger partial charge in [-0.1, -0.05) is 6.07 Å². The van der Waals surface area contributed by atoms with Crippen LogP contribution in [0.5, 0.6) is 0 Å². The molecule has 0 radical (unpaired) electrons. The molecule has 3 nitrogen and oxygen atoms in total. The van der Waals surface area contributed by atoms with Gasteiger partial charge in [0.2, 0.25) is 0 Å². The minimum Gasteiger partial charge on any atom is -0.342 e. The van der Waals surface area contributed by atoms with E-state index in [2.05, 4.69) is 40.4 Å². The highest BCUT2D eigenvalue weighted by Gasteiger charge is 2.25. The Kier molecular flexibility index (Phi) is 1.83. The average molecular weight is 201 g/mol. The molecule has 1 fully saturated rings. The Morgan fingerprint density at radius 3 is 2.93 bits per heavy atom. The molecule has 0 saturated carbocycles. The molecule has 2 atom stereocenters. The molecule has 0 aliphatic carbocycles. The topological polar surface area (TPSA) is 40.7 Å². The van der Waals surface area contributed by atoms with Gasteiger partial charge in [0.25, 0.3) is 0 Å². The Labute approximate surface area is 88.9 Å². The Bertz CT molecular complexity index is 495. The van der Waals surface area contributed by atoms with Crippen LogP contribution in [0.2, 0.25) is 0 Å². The van der Waals surface area contributed by atoms with E-state index in [1.807, 2.05) is 6.92 Å². The first-order valence-electron chi connectivity index (χ1n) is 5.45. The fraction of sp³-hybridized carbons (Fsp3) is 0.417. The molecule has 15 heavy (non-hydrogen) atoms. The maximum atomic E-state index is 4.40. The van der Waals surface area contributed by atoms with E-state index < -0.39 is 0 Å². The third-order valence-electron chi connectivity index (χ3n) is 3.10. The van der Waals surface area contributed by atoms with E-state index in [0.717, 1.165) is 16.9 Å². The zero-order valence-corrected chi connectivity index (χ0v) is 9.04. The van der Waals surface area contributed by atoms with E-state index in [1.54, 1.807) is 0 Å². The number of aryl methyl sites for hydroxylation is 1. The van der Waals surface area contributed by atoms with Gasteiger partial charge >= 0.3 is 0 Å². The summed E-state index contributed by atoms with van der Waals surface area (Å²) in [5.41, 5.74) is 3.57. The molecule has 2 unspecified atom stereocenters. The van der Waals surface area contributed by atoms with Crippen molar-refractivity contribution in [1.29, 1.82) is 0 Å². The third kappa shape index (κ3) is 1.43. The van der Waals surface area contributed by atoms with Gasteiger partial charge in [-0.05, 0) is 38.0 Å². The molecule has 1 aliphatic heterocycles. The van der Waals surface area contributed by atoms with Crippen LogP contribution in [0.25, 0.3) is 11.0 Å². The molecule has 1 aromatic carbocycles. The number of aromatic amines is 1. The van der Waals surface area contributed by atoms with Crippen LogP contribution in [0, 0.1) is 6.92 Å². The Hall–Kier alpha value is -1.35. The maximum absolute atomic E-state index is 4.40. The lowest BCUT2D eigenvalue weighted by atomic mass is 9.92. The monoisotopic (exact) mass is 201 g/mol. The van der Waals surface area contributed by atoms with Gasteiger partial charge in [-0.15, -0.1) is 0 Å². The van der Waals surface area contributed by atoms with Crippen LogP contribution in [0.3, 0.4) is 0 Å². The lowest BCUT2D eigenvalue weighted by Gasteiger charge is -2.35. The van der Waals surface area contributed by atoms with Gasteiger partial charge in [0, 0.05) is 12.1 Å². The molecule has 3 heteroatoms.